The second-order valence-electron chi connectivity index (χ2n) is 10.7. The third-order valence-electron chi connectivity index (χ3n) is 9.39. The van der Waals surface area contributed by atoms with Gasteiger partial charge in [0.05, 0.1) is 0 Å². The standard InChI is InChI=1S/C23H41NO/c1-22-11-9-20-19(8-7-18-6-3-4-10-23(18,20)2)21(22)14-17(15-22)16-24-12-5-13-25/h17-21,24-25H,3-16H2,1-2H3/t17?,18-,19-,20+,21+,22-,23+/m1/s1. The van der Waals surface area contributed by atoms with Crippen LogP contribution in [0.15, 0.2) is 0 Å². The highest BCUT2D eigenvalue weighted by Gasteiger charge is 2.58. The van der Waals surface area contributed by atoms with Crippen LogP contribution in [-0.2, 0) is 0 Å². The van der Waals surface area contributed by atoms with Gasteiger partial charge >= 0.3 is 0 Å². The Balaban J connectivity index is 1.44. The molecule has 4 aliphatic carbocycles. The zero-order valence-corrected chi connectivity index (χ0v) is 16.7. The van der Waals surface area contributed by atoms with E-state index in [9.17, 15) is 0 Å². The zero-order chi connectivity index (χ0) is 17.5. The van der Waals surface area contributed by atoms with Gasteiger partial charge in [0.25, 0.3) is 0 Å². The topological polar surface area (TPSA) is 32.3 Å². The Morgan fingerprint density at radius 1 is 1.00 bits per heavy atom. The van der Waals surface area contributed by atoms with E-state index < -0.39 is 0 Å². The average Bonchev–Trinajstić information content (AvgIpc) is 2.95. The van der Waals surface area contributed by atoms with Gasteiger partial charge in [-0.2, -0.15) is 0 Å². The fourth-order valence-corrected chi connectivity index (χ4v) is 8.17. The predicted molar refractivity (Wildman–Crippen MR) is 104 cm³/mol. The molecule has 0 aromatic rings. The molecule has 0 aromatic heterocycles. The molecule has 0 aliphatic heterocycles. The van der Waals surface area contributed by atoms with Crippen LogP contribution in [0.3, 0.4) is 0 Å². The third kappa shape index (κ3) is 3.20. The lowest BCUT2D eigenvalue weighted by Crippen LogP contribution is -2.51. The van der Waals surface area contributed by atoms with Crippen LogP contribution in [0.1, 0.15) is 84.5 Å². The van der Waals surface area contributed by atoms with Crippen molar-refractivity contribution in [3.63, 3.8) is 0 Å². The van der Waals surface area contributed by atoms with Crippen molar-refractivity contribution in [1.82, 2.24) is 5.32 Å². The van der Waals surface area contributed by atoms with Gasteiger partial charge in [0.15, 0.2) is 0 Å². The second kappa shape index (κ2) is 7.15. The molecule has 0 bridgehead atoms. The summed E-state index contributed by atoms with van der Waals surface area (Å²) in [4.78, 5) is 0. The van der Waals surface area contributed by atoms with E-state index in [1.54, 1.807) is 0 Å². The summed E-state index contributed by atoms with van der Waals surface area (Å²) >= 11 is 0. The molecule has 0 spiro atoms. The zero-order valence-electron chi connectivity index (χ0n) is 16.7. The molecular formula is C23H41NO. The average molecular weight is 348 g/mol. The van der Waals surface area contributed by atoms with Crippen molar-refractivity contribution in [3.05, 3.63) is 0 Å². The number of hydrogen-bond acceptors (Lipinski definition) is 2. The van der Waals surface area contributed by atoms with Crippen LogP contribution in [0, 0.1) is 40.4 Å². The largest absolute Gasteiger partial charge is 0.396 e. The first kappa shape index (κ1) is 18.3. The summed E-state index contributed by atoms with van der Waals surface area (Å²) < 4.78 is 0. The highest BCUT2D eigenvalue weighted by molar-refractivity contribution is 5.08. The molecule has 0 saturated heterocycles. The van der Waals surface area contributed by atoms with Crippen molar-refractivity contribution in [3.8, 4) is 0 Å². The molecule has 144 valence electrons. The fourth-order valence-electron chi connectivity index (χ4n) is 8.17. The third-order valence-corrected chi connectivity index (χ3v) is 9.39. The van der Waals surface area contributed by atoms with Gasteiger partial charge in [-0.15, -0.1) is 0 Å². The molecule has 0 heterocycles. The van der Waals surface area contributed by atoms with Crippen molar-refractivity contribution in [1.29, 1.82) is 0 Å². The quantitative estimate of drug-likeness (QED) is 0.685. The van der Waals surface area contributed by atoms with Crippen molar-refractivity contribution in [2.24, 2.45) is 40.4 Å². The highest BCUT2D eigenvalue weighted by atomic mass is 16.3. The summed E-state index contributed by atoms with van der Waals surface area (Å²) in [6.45, 7) is 7.82. The van der Waals surface area contributed by atoms with Crippen molar-refractivity contribution in [2.45, 2.75) is 84.5 Å². The minimum absolute atomic E-state index is 0.321. The van der Waals surface area contributed by atoms with Crippen LogP contribution >= 0.6 is 0 Å². The van der Waals surface area contributed by atoms with Crippen molar-refractivity contribution in [2.75, 3.05) is 19.7 Å². The van der Waals surface area contributed by atoms with E-state index in [4.69, 9.17) is 5.11 Å². The van der Waals surface area contributed by atoms with Crippen LogP contribution < -0.4 is 5.32 Å². The van der Waals surface area contributed by atoms with Gasteiger partial charge in [-0.3, -0.25) is 0 Å². The summed E-state index contributed by atoms with van der Waals surface area (Å²) in [6, 6.07) is 0. The minimum atomic E-state index is 0.321. The Morgan fingerprint density at radius 3 is 2.72 bits per heavy atom. The lowest BCUT2D eigenvalue weighted by atomic mass is 9.45. The molecule has 0 amide bonds. The summed E-state index contributed by atoms with van der Waals surface area (Å²) in [5.74, 6) is 4.98. The number of aliphatic hydroxyl groups excluding tert-OH is 1. The molecule has 2 nitrogen and oxygen atoms in total. The summed E-state index contributed by atoms with van der Waals surface area (Å²) in [6.07, 6.45) is 16.0. The van der Waals surface area contributed by atoms with Gasteiger partial charge in [-0.25, -0.2) is 0 Å². The lowest BCUT2D eigenvalue weighted by Gasteiger charge is -2.60. The Kier molecular flexibility index (Phi) is 5.23. The van der Waals surface area contributed by atoms with Crippen molar-refractivity contribution < 1.29 is 5.11 Å². The lowest BCUT2D eigenvalue weighted by molar-refractivity contribution is -0.103. The van der Waals surface area contributed by atoms with E-state index in [0.717, 1.165) is 42.6 Å². The second-order valence-corrected chi connectivity index (χ2v) is 10.7. The first-order chi connectivity index (χ1) is 12.1. The van der Waals surface area contributed by atoms with Crippen molar-refractivity contribution >= 4 is 0 Å². The predicted octanol–water partition coefficient (Wildman–Crippen LogP) is 5.01. The molecule has 4 aliphatic rings. The SMILES string of the molecule is C[C@]12CC[C@H]3[C@@H](CC[C@H]4CCCC[C@@]43C)[C@@H]1CC(CNCCCO)C2. The molecule has 2 N–H and O–H groups in total. The summed E-state index contributed by atoms with van der Waals surface area (Å²) in [7, 11) is 0. The molecule has 4 rings (SSSR count). The maximum Gasteiger partial charge on any atom is 0.0443 e. The van der Waals surface area contributed by atoms with Crippen LogP contribution in [0.5, 0.6) is 0 Å². The molecule has 2 heteroatoms. The van der Waals surface area contributed by atoms with E-state index >= 15 is 0 Å². The molecule has 1 unspecified atom stereocenters. The highest BCUT2D eigenvalue weighted by Crippen LogP contribution is 2.66. The van der Waals surface area contributed by atoms with Gasteiger partial charge in [0, 0.05) is 6.61 Å². The van der Waals surface area contributed by atoms with Crippen LogP contribution in [0.25, 0.3) is 0 Å². The van der Waals surface area contributed by atoms with E-state index in [-0.39, 0.29) is 0 Å². The summed E-state index contributed by atoms with van der Waals surface area (Å²) in [5.41, 5.74) is 1.31. The number of fused-ring (bicyclic) bond motifs is 5. The van der Waals surface area contributed by atoms with Crippen LogP contribution in [-0.4, -0.2) is 24.8 Å². The van der Waals surface area contributed by atoms with E-state index in [2.05, 4.69) is 19.2 Å². The van der Waals surface area contributed by atoms with E-state index in [0.29, 0.717) is 17.4 Å². The maximum absolute atomic E-state index is 8.98. The van der Waals surface area contributed by atoms with Gasteiger partial charge in [-0.1, -0.05) is 26.7 Å². The number of rotatable bonds is 5. The van der Waals surface area contributed by atoms with Crippen LogP contribution in [0.2, 0.25) is 0 Å². The maximum atomic E-state index is 8.98. The number of nitrogens with one attached hydrogen (secondary N) is 1. The Morgan fingerprint density at radius 2 is 1.88 bits per heavy atom. The Hall–Kier alpha value is -0.0800. The normalized spacial score (nSPS) is 49.3. The van der Waals surface area contributed by atoms with Crippen LogP contribution in [0.4, 0.5) is 0 Å². The monoisotopic (exact) mass is 347 g/mol. The molecule has 0 radical (unpaired) electrons. The Bertz CT molecular complexity index is 465. The molecule has 4 fully saturated rings. The van der Waals surface area contributed by atoms with Gasteiger partial charge in [0.1, 0.15) is 0 Å². The number of hydrogen-bond donors (Lipinski definition) is 2. The summed E-state index contributed by atoms with van der Waals surface area (Å²) in [5, 5.41) is 12.6. The van der Waals surface area contributed by atoms with Gasteiger partial charge in [-0.05, 0) is 111 Å². The van der Waals surface area contributed by atoms with E-state index in [1.807, 2.05) is 0 Å². The fraction of sp³-hybridized carbons (Fsp3) is 1.00. The van der Waals surface area contributed by atoms with Gasteiger partial charge in [0.2, 0.25) is 0 Å². The molecular weight excluding hydrogens is 306 g/mol. The molecule has 0 aromatic carbocycles. The minimum Gasteiger partial charge on any atom is -0.396 e. The molecule has 7 atom stereocenters. The smallest absolute Gasteiger partial charge is 0.0443 e. The first-order valence-electron chi connectivity index (χ1n) is 11.4. The molecule has 4 saturated carbocycles. The molecule has 25 heavy (non-hydrogen) atoms. The van der Waals surface area contributed by atoms with E-state index in [1.165, 1.54) is 70.8 Å². The van der Waals surface area contributed by atoms with Gasteiger partial charge < -0.3 is 10.4 Å². The first-order valence-corrected chi connectivity index (χ1v) is 11.4. The Labute approximate surface area is 155 Å². The number of aliphatic hydroxyl groups is 1.